The maximum Gasteiger partial charge on any atom is 0.119 e. The third-order valence-corrected chi connectivity index (χ3v) is 1.44. The molecule has 0 aliphatic carbocycles. The maximum atomic E-state index is 5.04. The van der Waals surface area contributed by atoms with Crippen LogP contribution in [-0.4, -0.2) is 14.2 Å². The van der Waals surface area contributed by atoms with Gasteiger partial charge < -0.3 is 10.1 Å². The molecule has 0 spiro atoms. The largest absolute Gasteiger partial charge is 0.497 e. The van der Waals surface area contributed by atoms with E-state index >= 15 is 0 Å². The molecular formula is C9H12NO. The highest BCUT2D eigenvalue weighted by atomic mass is 16.5. The summed E-state index contributed by atoms with van der Waals surface area (Å²) in [6.07, 6.45) is 0. The van der Waals surface area contributed by atoms with Gasteiger partial charge >= 0.3 is 0 Å². The Morgan fingerprint density at radius 3 is 3.00 bits per heavy atom. The number of benzene rings is 1. The van der Waals surface area contributed by atoms with Crippen LogP contribution >= 0.6 is 0 Å². The molecule has 0 aromatic heterocycles. The molecule has 0 saturated heterocycles. The molecule has 0 atom stereocenters. The molecule has 0 fully saturated rings. The summed E-state index contributed by atoms with van der Waals surface area (Å²) in [5, 5.41) is 3.06. The molecule has 0 aliphatic heterocycles. The van der Waals surface area contributed by atoms with E-state index in [4.69, 9.17) is 4.74 Å². The smallest absolute Gasteiger partial charge is 0.119 e. The monoisotopic (exact) mass is 150 g/mol. The molecule has 0 bridgehead atoms. The summed E-state index contributed by atoms with van der Waals surface area (Å²) in [5.74, 6) is 0.859. The number of rotatable bonds is 3. The summed E-state index contributed by atoms with van der Waals surface area (Å²) in [7, 11) is 3.58. The highest BCUT2D eigenvalue weighted by Crippen LogP contribution is 2.11. The average molecular weight is 150 g/mol. The second-order valence-corrected chi connectivity index (χ2v) is 2.31. The van der Waals surface area contributed by atoms with Gasteiger partial charge in [0.25, 0.3) is 0 Å². The van der Waals surface area contributed by atoms with Crippen LogP contribution in [0.4, 0.5) is 0 Å². The quantitative estimate of drug-likeness (QED) is 0.699. The number of hydrogen-bond acceptors (Lipinski definition) is 2. The third-order valence-electron chi connectivity index (χ3n) is 1.44. The Hall–Kier alpha value is -1.02. The summed E-state index contributed by atoms with van der Waals surface area (Å²) in [5.41, 5.74) is 1.19. The lowest BCUT2D eigenvalue weighted by molar-refractivity contribution is 0.414. The van der Waals surface area contributed by atoms with Crippen molar-refractivity contribution in [1.82, 2.24) is 5.32 Å². The van der Waals surface area contributed by atoms with Crippen LogP contribution in [0.15, 0.2) is 18.2 Å². The zero-order valence-electron chi connectivity index (χ0n) is 6.85. The lowest BCUT2D eigenvalue weighted by Crippen LogP contribution is -2.04. The first-order valence-corrected chi connectivity index (χ1v) is 3.55. The first kappa shape index (κ1) is 8.08. The molecule has 1 N–H and O–H groups in total. The predicted octanol–water partition coefficient (Wildman–Crippen LogP) is 1.21. The summed E-state index contributed by atoms with van der Waals surface area (Å²) in [6, 6.07) is 8.76. The summed E-state index contributed by atoms with van der Waals surface area (Å²) in [6.45, 7) is 0.855. The molecule has 1 aromatic rings. The van der Waals surface area contributed by atoms with Crippen LogP contribution in [0.1, 0.15) is 5.56 Å². The Kier molecular flexibility index (Phi) is 2.93. The zero-order valence-corrected chi connectivity index (χ0v) is 6.85. The first-order valence-electron chi connectivity index (χ1n) is 3.55. The fourth-order valence-corrected chi connectivity index (χ4v) is 0.921. The van der Waals surface area contributed by atoms with Crippen molar-refractivity contribution in [2.45, 2.75) is 6.54 Å². The van der Waals surface area contributed by atoms with Gasteiger partial charge in [-0.25, -0.2) is 0 Å². The van der Waals surface area contributed by atoms with Gasteiger partial charge in [0.15, 0.2) is 0 Å². The van der Waals surface area contributed by atoms with Crippen molar-refractivity contribution in [1.29, 1.82) is 0 Å². The van der Waals surface area contributed by atoms with Gasteiger partial charge in [0, 0.05) is 6.54 Å². The Balaban J connectivity index is 2.74. The van der Waals surface area contributed by atoms with Gasteiger partial charge in [0.05, 0.1) is 7.11 Å². The van der Waals surface area contributed by atoms with Gasteiger partial charge in [0.2, 0.25) is 0 Å². The molecule has 1 rings (SSSR count). The van der Waals surface area contributed by atoms with Crippen molar-refractivity contribution >= 4 is 0 Å². The SMILES string of the molecule is CNCc1c[c]cc(OC)c1. The van der Waals surface area contributed by atoms with E-state index < -0.39 is 0 Å². The van der Waals surface area contributed by atoms with E-state index in [9.17, 15) is 0 Å². The molecule has 1 radical (unpaired) electrons. The van der Waals surface area contributed by atoms with Gasteiger partial charge in [-0.15, -0.1) is 0 Å². The Morgan fingerprint density at radius 2 is 2.36 bits per heavy atom. The van der Waals surface area contributed by atoms with Gasteiger partial charge in [0.1, 0.15) is 5.75 Å². The minimum Gasteiger partial charge on any atom is -0.497 e. The average Bonchev–Trinajstić information content (AvgIpc) is 2.06. The maximum absolute atomic E-state index is 5.04. The van der Waals surface area contributed by atoms with Crippen molar-refractivity contribution in [3.63, 3.8) is 0 Å². The highest BCUT2D eigenvalue weighted by Gasteiger charge is 1.92. The molecular weight excluding hydrogens is 138 g/mol. The van der Waals surface area contributed by atoms with Crippen molar-refractivity contribution in [2.75, 3.05) is 14.2 Å². The third kappa shape index (κ3) is 2.24. The summed E-state index contributed by atoms with van der Waals surface area (Å²) in [4.78, 5) is 0. The van der Waals surface area contributed by atoms with Gasteiger partial charge in [-0.2, -0.15) is 0 Å². The van der Waals surface area contributed by atoms with Crippen LogP contribution in [0, 0.1) is 6.07 Å². The second kappa shape index (κ2) is 3.98. The van der Waals surface area contributed by atoms with Crippen molar-refractivity contribution in [3.05, 3.63) is 29.8 Å². The van der Waals surface area contributed by atoms with E-state index in [2.05, 4.69) is 11.4 Å². The summed E-state index contributed by atoms with van der Waals surface area (Å²) >= 11 is 0. The van der Waals surface area contributed by atoms with Crippen LogP contribution in [0.2, 0.25) is 0 Å². The minimum atomic E-state index is 0.855. The standard InChI is InChI=1S/C9H12NO/c1-10-7-8-4-3-5-9(6-8)11-2/h4-6,10H,7H2,1-2H3. The molecule has 0 aliphatic rings. The molecule has 1 aromatic carbocycles. The van der Waals surface area contributed by atoms with E-state index in [0.717, 1.165) is 12.3 Å². The number of methoxy groups -OCH3 is 1. The van der Waals surface area contributed by atoms with Crippen LogP contribution in [0.3, 0.4) is 0 Å². The van der Waals surface area contributed by atoms with Crippen molar-refractivity contribution in [3.8, 4) is 5.75 Å². The normalized spacial score (nSPS) is 9.64. The predicted molar refractivity (Wildman–Crippen MR) is 44.6 cm³/mol. The van der Waals surface area contributed by atoms with E-state index in [1.54, 1.807) is 7.11 Å². The Morgan fingerprint density at radius 1 is 1.55 bits per heavy atom. The van der Waals surface area contributed by atoms with E-state index in [1.807, 2.05) is 25.2 Å². The number of ether oxygens (including phenoxy) is 1. The summed E-state index contributed by atoms with van der Waals surface area (Å²) < 4.78 is 5.04. The fraction of sp³-hybridized carbons (Fsp3) is 0.333. The Bertz CT molecular complexity index is 223. The molecule has 2 nitrogen and oxygen atoms in total. The van der Waals surface area contributed by atoms with Crippen LogP contribution in [0.25, 0.3) is 0 Å². The molecule has 0 heterocycles. The van der Waals surface area contributed by atoms with Crippen molar-refractivity contribution < 1.29 is 4.74 Å². The van der Waals surface area contributed by atoms with E-state index in [1.165, 1.54) is 5.56 Å². The zero-order chi connectivity index (χ0) is 8.10. The van der Waals surface area contributed by atoms with Crippen molar-refractivity contribution in [2.24, 2.45) is 0 Å². The molecule has 59 valence electrons. The van der Waals surface area contributed by atoms with Gasteiger partial charge in [-0.3, -0.25) is 0 Å². The van der Waals surface area contributed by atoms with E-state index in [0.29, 0.717) is 0 Å². The molecule has 0 amide bonds. The fourth-order valence-electron chi connectivity index (χ4n) is 0.921. The van der Waals surface area contributed by atoms with Crippen LogP contribution < -0.4 is 10.1 Å². The molecule has 11 heavy (non-hydrogen) atoms. The lowest BCUT2D eigenvalue weighted by Gasteiger charge is -2.02. The Labute approximate surface area is 67.2 Å². The lowest BCUT2D eigenvalue weighted by atomic mass is 10.2. The minimum absolute atomic E-state index is 0.855. The number of hydrogen-bond donors (Lipinski definition) is 1. The molecule has 2 heteroatoms. The second-order valence-electron chi connectivity index (χ2n) is 2.31. The molecule has 0 unspecified atom stereocenters. The molecule has 0 saturated carbocycles. The topological polar surface area (TPSA) is 21.3 Å². The van der Waals surface area contributed by atoms with Crippen LogP contribution in [-0.2, 0) is 6.54 Å². The van der Waals surface area contributed by atoms with Crippen LogP contribution in [0.5, 0.6) is 5.75 Å². The van der Waals surface area contributed by atoms with Gasteiger partial charge in [-0.1, -0.05) is 0 Å². The highest BCUT2D eigenvalue weighted by molar-refractivity contribution is 5.27. The first-order chi connectivity index (χ1) is 5.36. The van der Waals surface area contributed by atoms with E-state index in [-0.39, 0.29) is 0 Å². The number of nitrogens with one attached hydrogen (secondary N) is 1. The van der Waals surface area contributed by atoms with Gasteiger partial charge in [-0.05, 0) is 36.9 Å².